The summed E-state index contributed by atoms with van der Waals surface area (Å²) in [6, 6.07) is 8.36. The number of carbonyl (C=O) groups is 1. The molecular formula is C26H33F2N9O2. The van der Waals surface area contributed by atoms with Gasteiger partial charge < -0.3 is 30.6 Å². The molecule has 13 heteroatoms. The largest absolute Gasteiger partial charge is 0.433 e. The highest BCUT2D eigenvalue weighted by atomic mass is 19.3. The molecule has 2 aromatic carbocycles. The van der Waals surface area contributed by atoms with Crippen molar-refractivity contribution in [3.63, 3.8) is 0 Å². The Bertz CT molecular complexity index is 1390. The highest BCUT2D eigenvalue weighted by molar-refractivity contribution is 6.08. The number of fused-ring (bicyclic) bond motifs is 1. The predicted octanol–water partition coefficient (Wildman–Crippen LogP) is 3.19. The standard InChI is InChI=1S/C26H33F2N9O2/c1-6-25(38)33-19-12-20(23(39-26(27)28)14-22(19)36(4)10-9-35(2)3)32-24(29)13-18(34-30)16-7-8-21-17(11-16)15-31-37(21)5/h6-8,11-15,26,34H,1,9-10,30H2,2-5H3,(H2,29,32)(H,33,38)/b18-13-. The average molecular weight is 542 g/mol. The normalized spacial score (nSPS) is 11.6. The third-order valence-electron chi connectivity index (χ3n) is 5.82. The molecule has 0 saturated carbocycles. The van der Waals surface area contributed by atoms with Crippen molar-refractivity contribution in [1.29, 1.82) is 5.41 Å². The molecule has 39 heavy (non-hydrogen) atoms. The van der Waals surface area contributed by atoms with Gasteiger partial charge in [-0.3, -0.25) is 20.7 Å². The molecule has 1 amide bonds. The van der Waals surface area contributed by atoms with E-state index in [1.165, 1.54) is 18.2 Å². The highest BCUT2D eigenvalue weighted by Gasteiger charge is 2.19. The van der Waals surface area contributed by atoms with Crippen molar-refractivity contribution in [2.75, 3.05) is 49.8 Å². The quantitative estimate of drug-likeness (QED) is 0.0776. The van der Waals surface area contributed by atoms with E-state index in [2.05, 4.69) is 27.7 Å². The summed E-state index contributed by atoms with van der Waals surface area (Å²) in [6.45, 7) is 1.57. The number of amides is 1. The third kappa shape index (κ3) is 7.52. The van der Waals surface area contributed by atoms with Gasteiger partial charge in [-0.15, -0.1) is 0 Å². The lowest BCUT2D eigenvalue weighted by molar-refractivity contribution is -0.111. The van der Waals surface area contributed by atoms with Crippen LogP contribution in [0.2, 0.25) is 0 Å². The van der Waals surface area contributed by atoms with E-state index in [9.17, 15) is 13.6 Å². The van der Waals surface area contributed by atoms with Gasteiger partial charge in [0.15, 0.2) is 5.75 Å². The van der Waals surface area contributed by atoms with E-state index in [-0.39, 0.29) is 17.3 Å². The number of amidine groups is 1. The van der Waals surface area contributed by atoms with Gasteiger partial charge in [0, 0.05) is 44.7 Å². The number of carbonyl (C=O) groups excluding carboxylic acids is 1. The number of nitrogens with one attached hydrogen (secondary N) is 4. The highest BCUT2D eigenvalue weighted by Crippen LogP contribution is 2.38. The van der Waals surface area contributed by atoms with E-state index >= 15 is 0 Å². The molecule has 0 radical (unpaired) electrons. The zero-order chi connectivity index (χ0) is 28.7. The van der Waals surface area contributed by atoms with Crippen LogP contribution in [-0.2, 0) is 11.8 Å². The average Bonchev–Trinajstić information content (AvgIpc) is 3.26. The summed E-state index contributed by atoms with van der Waals surface area (Å²) >= 11 is 0. The van der Waals surface area contributed by atoms with Crippen LogP contribution in [-0.4, -0.2) is 67.3 Å². The van der Waals surface area contributed by atoms with Crippen molar-refractivity contribution in [3.05, 3.63) is 60.8 Å². The van der Waals surface area contributed by atoms with E-state index in [4.69, 9.17) is 16.0 Å². The maximum atomic E-state index is 13.4. The van der Waals surface area contributed by atoms with Crippen LogP contribution in [0.4, 0.5) is 25.8 Å². The van der Waals surface area contributed by atoms with Crippen LogP contribution >= 0.6 is 0 Å². The number of nitrogens with two attached hydrogens (primary N) is 1. The van der Waals surface area contributed by atoms with Crippen molar-refractivity contribution >= 4 is 45.4 Å². The number of anilines is 3. The van der Waals surface area contributed by atoms with Crippen molar-refractivity contribution in [3.8, 4) is 5.75 Å². The van der Waals surface area contributed by atoms with Crippen LogP contribution in [0.25, 0.3) is 16.6 Å². The summed E-state index contributed by atoms with van der Waals surface area (Å²) in [7, 11) is 7.41. The van der Waals surface area contributed by atoms with Crippen molar-refractivity contribution < 1.29 is 18.3 Å². The Balaban J connectivity index is 1.98. The Kier molecular flexibility index (Phi) is 9.57. The summed E-state index contributed by atoms with van der Waals surface area (Å²) in [5.74, 6) is 4.87. The number of ether oxygens (including phenoxy) is 1. The van der Waals surface area contributed by atoms with Gasteiger partial charge in [-0.25, -0.2) is 0 Å². The predicted molar refractivity (Wildman–Crippen MR) is 151 cm³/mol. The number of alkyl halides is 2. The summed E-state index contributed by atoms with van der Waals surface area (Å²) in [5, 5.41) is 19.1. The number of aromatic nitrogens is 2. The second-order valence-corrected chi connectivity index (χ2v) is 8.95. The third-order valence-corrected chi connectivity index (χ3v) is 5.82. The van der Waals surface area contributed by atoms with Gasteiger partial charge in [0.2, 0.25) is 5.91 Å². The lowest BCUT2D eigenvalue weighted by Crippen LogP contribution is -2.29. The second-order valence-electron chi connectivity index (χ2n) is 8.95. The van der Waals surface area contributed by atoms with Gasteiger partial charge in [-0.2, -0.15) is 13.9 Å². The molecule has 0 fully saturated rings. The smallest absolute Gasteiger partial charge is 0.387 e. The lowest BCUT2D eigenvalue weighted by atomic mass is 10.1. The lowest BCUT2D eigenvalue weighted by Gasteiger charge is -2.26. The first-order valence-electron chi connectivity index (χ1n) is 11.9. The summed E-state index contributed by atoms with van der Waals surface area (Å²) in [5.41, 5.74) is 5.38. The van der Waals surface area contributed by atoms with E-state index in [0.29, 0.717) is 35.7 Å². The minimum atomic E-state index is -3.11. The van der Waals surface area contributed by atoms with Crippen LogP contribution in [0.15, 0.2) is 55.3 Å². The van der Waals surface area contributed by atoms with Gasteiger partial charge in [0.25, 0.3) is 0 Å². The first kappa shape index (κ1) is 29.1. The molecule has 0 atom stereocenters. The molecule has 0 aliphatic rings. The second kappa shape index (κ2) is 12.8. The van der Waals surface area contributed by atoms with E-state index < -0.39 is 12.5 Å². The van der Waals surface area contributed by atoms with Crippen LogP contribution in [0.5, 0.6) is 5.75 Å². The Hall–Kier alpha value is -4.49. The number of hydrogen-bond donors (Lipinski definition) is 5. The number of hydrogen-bond acceptors (Lipinski definition) is 8. The first-order valence-corrected chi connectivity index (χ1v) is 11.9. The molecule has 0 aliphatic carbocycles. The minimum Gasteiger partial charge on any atom is -0.433 e. The molecule has 0 unspecified atom stereocenters. The number of likely N-dealkylation sites (N-methyl/N-ethyl adjacent to an activating group) is 2. The minimum absolute atomic E-state index is 0.0414. The van der Waals surface area contributed by atoms with Crippen molar-refractivity contribution in [1.82, 2.24) is 20.1 Å². The van der Waals surface area contributed by atoms with Crippen LogP contribution in [0.3, 0.4) is 0 Å². The van der Waals surface area contributed by atoms with E-state index in [1.807, 2.05) is 44.2 Å². The van der Waals surface area contributed by atoms with Crippen LogP contribution in [0, 0.1) is 5.41 Å². The first-order chi connectivity index (χ1) is 18.5. The Labute approximate surface area is 225 Å². The Morgan fingerprint density at radius 1 is 1.21 bits per heavy atom. The van der Waals surface area contributed by atoms with Gasteiger partial charge in [-0.05, 0) is 43.9 Å². The zero-order valence-corrected chi connectivity index (χ0v) is 22.3. The molecule has 11 nitrogen and oxygen atoms in total. The number of aryl methyl sites for hydroxylation is 1. The Morgan fingerprint density at radius 3 is 2.59 bits per heavy atom. The fourth-order valence-electron chi connectivity index (χ4n) is 3.80. The Morgan fingerprint density at radius 2 is 1.95 bits per heavy atom. The molecule has 208 valence electrons. The van der Waals surface area contributed by atoms with E-state index in [0.717, 1.165) is 17.0 Å². The van der Waals surface area contributed by atoms with Gasteiger partial charge >= 0.3 is 6.61 Å². The van der Waals surface area contributed by atoms with Gasteiger partial charge in [-0.1, -0.05) is 12.6 Å². The van der Waals surface area contributed by atoms with E-state index in [1.54, 1.807) is 22.8 Å². The number of rotatable bonds is 12. The zero-order valence-electron chi connectivity index (χ0n) is 22.3. The molecule has 3 aromatic rings. The summed E-state index contributed by atoms with van der Waals surface area (Å²) in [6.07, 6.45) is 4.22. The summed E-state index contributed by atoms with van der Waals surface area (Å²) < 4.78 is 33.2. The molecular weight excluding hydrogens is 508 g/mol. The van der Waals surface area contributed by atoms with Crippen molar-refractivity contribution in [2.45, 2.75) is 6.61 Å². The SMILES string of the molecule is C=CC(=O)Nc1cc(NC(=N)/C=C(\NN)c2ccc3c(cnn3C)c2)c(OC(F)F)cc1N(C)CCN(C)C. The number of benzene rings is 2. The molecule has 3 rings (SSSR count). The number of nitrogens with zero attached hydrogens (tertiary/aromatic N) is 4. The maximum Gasteiger partial charge on any atom is 0.387 e. The van der Waals surface area contributed by atoms with Crippen LogP contribution in [0.1, 0.15) is 5.56 Å². The number of halogens is 2. The topological polar surface area (TPSA) is 137 Å². The molecule has 6 N–H and O–H groups in total. The molecule has 0 bridgehead atoms. The fraction of sp³-hybridized carbons (Fsp3) is 0.269. The molecule has 0 spiro atoms. The maximum absolute atomic E-state index is 13.4. The van der Waals surface area contributed by atoms with Gasteiger partial charge in [0.05, 0.1) is 34.5 Å². The van der Waals surface area contributed by atoms with Crippen LogP contribution < -0.4 is 31.5 Å². The van der Waals surface area contributed by atoms with Crippen molar-refractivity contribution in [2.24, 2.45) is 12.9 Å². The molecule has 0 aliphatic heterocycles. The number of hydrazine groups is 1. The molecule has 0 saturated heterocycles. The summed E-state index contributed by atoms with van der Waals surface area (Å²) in [4.78, 5) is 15.9. The molecule has 1 heterocycles. The van der Waals surface area contributed by atoms with Gasteiger partial charge in [0.1, 0.15) is 5.84 Å². The fourth-order valence-corrected chi connectivity index (χ4v) is 3.80. The monoisotopic (exact) mass is 541 g/mol. The molecule has 1 aromatic heterocycles.